The predicted molar refractivity (Wildman–Crippen MR) is 145 cm³/mol. The van der Waals surface area contributed by atoms with Crippen LogP contribution in [0.15, 0.2) is 0 Å². The monoisotopic (exact) mass is 506 g/mol. The summed E-state index contributed by atoms with van der Waals surface area (Å²) >= 11 is 0. The molecule has 2 rings (SSSR count). The normalized spacial score (nSPS) is 18.7. The number of carbonyl (C=O) groups is 1. The maximum absolute atomic E-state index is 11.6. The van der Waals surface area contributed by atoms with Gasteiger partial charge in [0.1, 0.15) is 19.3 Å². The molecule has 0 saturated heterocycles. The summed E-state index contributed by atoms with van der Waals surface area (Å²) in [4.78, 5) is 18.1. The van der Waals surface area contributed by atoms with Crippen LogP contribution in [-0.2, 0) is 9.53 Å². The van der Waals surface area contributed by atoms with Gasteiger partial charge in [0.05, 0.1) is 7.11 Å². The molecule has 6 heteroatoms. The van der Waals surface area contributed by atoms with Crippen molar-refractivity contribution in [3.05, 3.63) is 16.7 Å². The van der Waals surface area contributed by atoms with Crippen LogP contribution in [0.1, 0.15) is 95.8 Å². The first-order valence-electron chi connectivity index (χ1n) is 14.0. The van der Waals surface area contributed by atoms with E-state index in [1.54, 1.807) is 0 Å². The van der Waals surface area contributed by atoms with E-state index in [9.17, 15) is 4.79 Å². The van der Waals surface area contributed by atoms with E-state index in [0.717, 1.165) is 53.2 Å². The molecular formula is C30H52NO5+. The molecule has 0 fully saturated rings. The van der Waals surface area contributed by atoms with Crippen molar-refractivity contribution in [3.63, 3.8) is 0 Å². The van der Waals surface area contributed by atoms with Crippen LogP contribution < -0.4 is 14.3 Å². The lowest BCUT2D eigenvalue weighted by molar-refractivity contribution is -1.08. The molecule has 1 aromatic carbocycles. The van der Waals surface area contributed by atoms with E-state index in [2.05, 4.69) is 34.7 Å². The Labute approximate surface area is 220 Å². The molecule has 6 nitrogen and oxygen atoms in total. The van der Waals surface area contributed by atoms with E-state index in [1.807, 2.05) is 20.8 Å². The molecule has 0 saturated carbocycles. The van der Waals surface area contributed by atoms with E-state index in [-0.39, 0.29) is 6.61 Å². The van der Waals surface area contributed by atoms with Gasteiger partial charge in [-0.2, -0.15) is 0 Å². The number of benzene rings is 1. The molecule has 1 aliphatic heterocycles. The Morgan fingerprint density at radius 2 is 1.44 bits per heavy atom. The molecule has 0 spiro atoms. The van der Waals surface area contributed by atoms with Gasteiger partial charge in [-0.15, -0.1) is 4.65 Å². The molecule has 0 N–H and O–H groups in total. The summed E-state index contributed by atoms with van der Waals surface area (Å²) in [5, 5.41) is 0. The van der Waals surface area contributed by atoms with Crippen LogP contribution >= 0.6 is 0 Å². The highest BCUT2D eigenvalue weighted by molar-refractivity contribution is 5.71. The van der Waals surface area contributed by atoms with Gasteiger partial charge in [-0.1, -0.05) is 66.2 Å². The second-order valence-electron chi connectivity index (χ2n) is 11.7. The van der Waals surface area contributed by atoms with Crippen molar-refractivity contribution < 1.29 is 28.5 Å². The summed E-state index contributed by atoms with van der Waals surface area (Å²) in [5.74, 6) is 4.16. The van der Waals surface area contributed by atoms with Gasteiger partial charge in [0, 0.05) is 17.5 Å². The smallest absolute Gasteiger partial charge is 0.343 e. The third-order valence-corrected chi connectivity index (χ3v) is 7.69. The topological polar surface area (TPSA) is 54.0 Å². The van der Waals surface area contributed by atoms with Crippen LogP contribution in [0.5, 0.6) is 17.2 Å². The highest BCUT2D eigenvalue weighted by Gasteiger charge is 2.36. The van der Waals surface area contributed by atoms with E-state index in [1.165, 1.54) is 52.1 Å². The predicted octanol–water partition coefficient (Wildman–Crippen LogP) is 7.30. The summed E-state index contributed by atoms with van der Waals surface area (Å²) in [6, 6.07) is 0. The van der Waals surface area contributed by atoms with Crippen LogP contribution in [0, 0.1) is 38.5 Å². The quantitative estimate of drug-likeness (QED) is 0.184. The molecule has 1 heterocycles. The molecule has 3 atom stereocenters. The lowest BCUT2D eigenvalue weighted by Crippen LogP contribution is -2.52. The van der Waals surface area contributed by atoms with Gasteiger partial charge < -0.3 is 19.0 Å². The van der Waals surface area contributed by atoms with E-state index >= 15 is 0 Å². The number of hydroxylamine groups is 3. The third kappa shape index (κ3) is 8.86. The number of esters is 1. The number of hydrogen-bond donors (Lipinski definition) is 0. The van der Waals surface area contributed by atoms with E-state index in [4.69, 9.17) is 19.0 Å². The lowest BCUT2D eigenvalue weighted by atomic mass is 9.92. The molecule has 1 aliphatic rings. The number of rotatable bonds is 15. The zero-order valence-electron chi connectivity index (χ0n) is 24.5. The van der Waals surface area contributed by atoms with Crippen molar-refractivity contribution in [2.24, 2.45) is 17.8 Å². The molecule has 1 aromatic rings. The van der Waals surface area contributed by atoms with Crippen LogP contribution in [0.4, 0.5) is 0 Å². The fourth-order valence-electron chi connectivity index (χ4n) is 5.07. The van der Waals surface area contributed by atoms with Gasteiger partial charge >= 0.3 is 5.97 Å². The second kappa shape index (κ2) is 14.1. The largest absolute Gasteiger partial charge is 0.481 e. The number of fused-ring (bicyclic) bond motifs is 1. The summed E-state index contributed by atoms with van der Waals surface area (Å²) in [5.41, 5.74) is 2.80. The van der Waals surface area contributed by atoms with Crippen molar-refractivity contribution in [1.29, 1.82) is 0 Å². The Kier molecular flexibility index (Phi) is 11.9. The molecule has 1 unspecified atom stereocenters. The molecule has 0 aromatic heterocycles. The minimum Gasteiger partial charge on any atom is -0.481 e. The third-order valence-electron chi connectivity index (χ3n) is 7.69. The first kappa shape index (κ1) is 30.3. The van der Waals surface area contributed by atoms with Crippen LogP contribution in [0.3, 0.4) is 0 Å². The Morgan fingerprint density at radius 1 is 0.861 bits per heavy atom. The van der Waals surface area contributed by atoms with Gasteiger partial charge in [0.25, 0.3) is 6.73 Å². The Bertz CT molecular complexity index is 852. The Hall–Kier alpha value is -1.95. The highest BCUT2D eigenvalue weighted by atomic mass is 16.8. The second-order valence-corrected chi connectivity index (χ2v) is 11.7. The zero-order chi connectivity index (χ0) is 26.9. The minimum atomic E-state index is -0.407. The van der Waals surface area contributed by atoms with Crippen molar-refractivity contribution >= 4 is 5.97 Å². The number of quaternary nitrogens is 1. The van der Waals surface area contributed by atoms with Gasteiger partial charge in [0.15, 0.2) is 12.4 Å². The number of hydrogen-bond acceptors (Lipinski definition) is 5. The van der Waals surface area contributed by atoms with Crippen molar-refractivity contribution in [2.75, 3.05) is 34.0 Å². The minimum absolute atomic E-state index is 0.125. The lowest BCUT2D eigenvalue weighted by Gasteiger charge is -2.37. The molecule has 36 heavy (non-hydrogen) atoms. The molecule has 0 amide bonds. The van der Waals surface area contributed by atoms with Crippen LogP contribution in [0.25, 0.3) is 0 Å². The number of carbonyl (C=O) groups excluding carboxylic acids is 1. The van der Waals surface area contributed by atoms with E-state index in [0.29, 0.717) is 22.9 Å². The Morgan fingerprint density at radius 3 is 2.03 bits per heavy atom. The Balaban J connectivity index is 1.84. The number of ether oxygens (including phenoxy) is 3. The average Bonchev–Trinajstić information content (AvgIpc) is 2.82. The van der Waals surface area contributed by atoms with E-state index < -0.39 is 5.97 Å². The van der Waals surface area contributed by atoms with Crippen molar-refractivity contribution in [2.45, 2.75) is 99.8 Å². The van der Waals surface area contributed by atoms with Crippen molar-refractivity contribution in [3.8, 4) is 17.2 Å². The summed E-state index contributed by atoms with van der Waals surface area (Å²) in [7, 11) is 3.45. The number of methoxy groups -OCH3 is 1. The average molecular weight is 507 g/mol. The molecular weight excluding hydrogens is 454 g/mol. The van der Waals surface area contributed by atoms with Crippen molar-refractivity contribution in [1.82, 2.24) is 0 Å². The van der Waals surface area contributed by atoms with Gasteiger partial charge in [-0.25, -0.2) is 4.79 Å². The standard InChI is InChI=1S/C30H52NO5/c1-21(2)13-10-14-22(3)15-11-16-23(4)17-12-18-31(8)20-35-29-26(7)28(34-19-27(32)33-9)24(5)25(6)30(29)36-31/h21-23H,10-20H2,1-9H3/q+1/t22-,23-,31?/m1/s1. The van der Waals surface area contributed by atoms with Gasteiger partial charge in [-0.05, 0) is 50.5 Å². The summed E-state index contributed by atoms with van der Waals surface area (Å²) in [6.45, 7) is 16.6. The maximum Gasteiger partial charge on any atom is 0.343 e. The van der Waals surface area contributed by atoms with Gasteiger partial charge in [0.2, 0.25) is 5.75 Å². The zero-order valence-corrected chi connectivity index (χ0v) is 24.5. The summed E-state index contributed by atoms with van der Waals surface area (Å²) in [6.07, 6.45) is 10.4. The van der Waals surface area contributed by atoms with Crippen LogP contribution in [0.2, 0.25) is 0 Å². The van der Waals surface area contributed by atoms with Gasteiger partial charge in [-0.3, -0.25) is 0 Å². The fraction of sp³-hybridized carbons (Fsp3) is 0.767. The molecule has 0 bridgehead atoms. The SMILES string of the molecule is COC(=O)COc1c(C)c(C)c2c(c1C)OC[N+](C)(CCC[C@H](C)CCC[C@H](C)CCCC(C)C)O2. The van der Waals surface area contributed by atoms with Crippen LogP contribution in [-0.4, -0.2) is 44.7 Å². The highest BCUT2D eigenvalue weighted by Crippen LogP contribution is 2.46. The summed E-state index contributed by atoms with van der Waals surface area (Å²) < 4.78 is 17.1. The maximum atomic E-state index is 11.6. The fourth-order valence-corrected chi connectivity index (χ4v) is 5.07. The first-order valence-corrected chi connectivity index (χ1v) is 14.0. The molecule has 206 valence electrons. The number of nitrogens with zero attached hydrogens (tertiary/aromatic N) is 1. The first-order chi connectivity index (χ1) is 17.0. The molecule has 0 radical (unpaired) electrons. The molecule has 0 aliphatic carbocycles.